The number of piperidine rings is 2. The quantitative estimate of drug-likeness (QED) is 0.0428. The number of rotatable bonds is 24. The van der Waals surface area contributed by atoms with Gasteiger partial charge < -0.3 is 38.2 Å². The molecule has 12 nitrogen and oxygen atoms in total. The van der Waals surface area contributed by atoms with Gasteiger partial charge in [-0.1, -0.05) is 120 Å². The van der Waals surface area contributed by atoms with E-state index in [1.54, 1.807) is 0 Å². The fourth-order valence-corrected chi connectivity index (χ4v) is 11.9. The van der Waals surface area contributed by atoms with Crippen LogP contribution in [0.2, 0.25) is 0 Å². The molecule has 2 aromatic heterocycles. The van der Waals surface area contributed by atoms with Gasteiger partial charge in [0.1, 0.15) is 13.1 Å². The van der Waals surface area contributed by atoms with E-state index in [1.165, 1.54) is 6.92 Å². The van der Waals surface area contributed by atoms with Gasteiger partial charge in [0.25, 0.3) is 0 Å². The van der Waals surface area contributed by atoms with Crippen LogP contribution in [0.1, 0.15) is 114 Å². The monoisotopic (exact) mass is 1530 g/mol. The molecule has 0 spiro atoms. The molecule has 556 valence electrons. The van der Waals surface area contributed by atoms with E-state index in [1.807, 2.05) is 0 Å². The third kappa shape index (κ3) is 19.6. The van der Waals surface area contributed by atoms with Crippen LogP contribution in [0.4, 0.5) is 43.9 Å². The number of hydrogen-bond acceptors (Lipinski definition) is 10. The Hall–Kier alpha value is -9.04. The van der Waals surface area contributed by atoms with Gasteiger partial charge in [0.15, 0.2) is 34.1 Å². The Balaban J connectivity index is 0.000000265. The van der Waals surface area contributed by atoms with Crippen molar-refractivity contribution in [1.29, 1.82) is 0 Å². The molecule has 0 radical (unpaired) electrons. The number of carbonyl (C=O) groups excluding carboxylic acids is 2. The van der Waals surface area contributed by atoms with Crippen molar-refractivity contribution in [3.63, 3.8) is 0 Å². The topological polar surface area (TPSA) is 110 Å². The fraction of sp³-hybridized carbons (Fsp3) is 0.317. The number of benzene rings is 8. The molecule has 2 fully saturated rings. The number of fused-ring (bicyclic) bond motifs is 2. The van der Waals surface area contributed by atoms with Gasteiger partial charge in [-0.05, 0) is 133 Å². The molecular weight excluding hydrogens is 1420 g/mol. The lowest BCUT2D eigenvalue weighted by atomic mass is 10.00. The minimum Gasteiger partial charge on any atom is -0.383 e. The third-order valence-electron chi connectivity index (χ3n) is 15.5. The first-order valence-corrected chi connectivity index (χ1v) is 33.3. The number of aromatic nitrogens is 2. The number of alkyl halides is 6. The predicted molar refractivity (Wildman–Crippen MR) is 395 cm³/mol. The Morgan fingerprint density at radius 1 is 0.528 bits per heavy atom. The highest BCUT2D eigenvalue weighted by Gasteiger charge is 2.34. The Morgan fingerprint density at radius 2 is 0.896 bits per heavy atom. The molecule has 0 N–H and O–H groups in total. The number of nitrogens with zero attached hydrogens (tertiary/aromatic N) is 6. The fourth-order valence-electron chi connectivity index (χ4n) is 10.1. The number of amides is 2. The van der Waals surface area contributed by atoms with E-state index in [0.29, 0.717) is 27.0 Å². The first-order chi connectivity index (χ1) is 63.3. The standard InChI is InChI=1S/2C41H40F5N3O3S/c2*1-27-6-15-36-34(22-27)37(50)23-39(53-26-31-4-3-5-35(42)40(31)43)49(36)25-38(51)48(33-16-18-47(19-17-33)20-21-52-2)24-28-7-9-29(10-8-28)30-11-13-32(14-12-30)41(44,45)46/h2*3-15,22-23,33H,16-21,24-26H2,1-2H3/i6D,15D,16D2,17D2,18D2,19D2,22D,23D,24D2,26D2,33D;6D,15D,16D2,17D2,18D2,19D2,22D,23D,24D2,33D. The molecule has 2 amide bonds. The second-order valence-corrected chi connectivity index (χ2v) is 24.6. The predicted octanol–water partition coefficient (Wildman–Crippen LogP) is 17.4. The van der Waals surface area contributed by atoms with Crippen molar-refractivity contribution < 1.29 is 107 Å². The maximum Gasteiger partial charge on any atom is 0.416 e. The molecule has 0 bridgehead atoms. The van der Waals surface area contributed by atoms with Crippen molar-refractivity contribution in [2.75, 3.05) is 66.5 Å². The first-order valence-electron chi connectivity index (χ1n) is 47.5. The second-order valence-electron chi connectivity index (χ2n) is 22.9. The molecule has 10 aromatic rings. The summed E-state index contributed by atoms with van der Waals surface area (Å²) in [7, 11) is 2.24. The van der Waals surface area contributed by atoms with Crippen molar-refractivity contribution in [3.8, 4) is 22.3 Å². The van der Waals surface area contributed by atoms with E-state index in [4.69, 9.17) is 34.1 Å². The van der Waals surface area contributed by atoms with E-state index >= 15 is 14.0 Å². The summed E-state index contributed by atoms with van der Waals surface area (Å²) in [4.78, 5) is 58.1. The number of ether oxygens (including phenoxy) is 2. The molecule has 2 saturated heterocycles. The van der Waals surface area contributed by atoms with Crippen LogP contribution in [0.5, 0.6) is 0 Å². The zero-order chi connectivity index (χ0) is 104. The molecule has 2 aliphatic rings. The van der Waals surface area contributed by atoms with Crippen molar-refractivity contribution in [2.24, 2.45) is 0 Å². The number of pyridine rings is 2. The van der Waals surface area contributed by atoms with E-state index in [-0.39, 0.29) is 65.4 Å². The van der Waals surface area contributed by atoms with E-state index in [0.717, 1.165) is 149 Å². The van der Waals surface area contributed by atoms with Gasteiger partial charge in [0.05, 0.1) is 64.6 Å². The molecule has 24 heteroatoms. The highest BCUT2D eigenvalue weighted by atomic mass is 32.2. The number of halogens is 10. The Kier molecular flexibility index (Phi) is 15.3. The van der Waals surface area contributed by atoms with Crippen LogP contribution >= 0.6 is 23.5 Å². The van der Waals surface area contributed by atoms with Crippen LogP contribution < -0.4 is 10.9 Å². The van der Waals surface area contributed by atoms with Crippen LogP contribution in [0, 0.1) is 37.1 Å². The van der Waals surface area contributed by atoms with E-state index < -0.39 is 299 Å². The molecule has 0 aliphatic carbocycles. The normalized spacial score (nSPS) is 23.4. The summed E-state index contributed by atoms with van der Waals surface area (Å²) in [6, 6.07) is 5.32. The smallest absolute Gasteiger partial charge is 0.383 e. The minimum absolute atomic E-state index is 0.0532. The largest absolute Gasteiger partial charge is 0.416 e. The maximum absolute atomic E-state index is 15.5. The minimum atomic E-state index is -4.70. The SMILES string of the molecule is [2H]c1c(C)c([2H])c2c(=O)c([2H])c(SC([2H])([2H])c3cccc(F)c3F)n(CC(=O)N(C([2H])([2H])c3ccc(-c4ccc(C(F)(F)F)cc4)cc3)C3([2H])C([2H])([2H])C([2H])([2H])N(CCOC)C([2H])([2H])C3([2H])[2H])c2c1[2H].[2H]c1c(C)c([2H])c2c(=O)c([2H])c(SCc3cccc(F)c3F)n(CC(=O)N(C([2H])([2H])c3ccc(-c4ccc(C(F)(F)F)cc4)cc3)C3([2H])C([2H])([2H])C([2H])([2H])N(CCOC)C([2H])([2H])C3([2H])[2H])c2c1[2H]. The molecule has 0 saturated carbocycles. The van der Waals surface area contributed by atoms with Crippen LogP contribution in [0.15, 0.2) is 201 Å². The van der Waals surface area contributed by atoms with Crippen LogP contribution in [0.3, 0.4) is 0 Å². The highest BCUT2D eigenvalue weighted by molar-refractivity contribution is 7.98. The summed E-state index contributed by atoms with van der Waals surface area (Å²) in [6.07, 6.45) is -26.1. The van der Waals surface area contributed by atoms with Crippen LogP contribution in [-0.2, 0) is 69.0 Å². The van der Waals surface area contributed by atoms with E-state index in [2.05, 4.69) is 0 Å². The zero-order valence-corrected chi connectivity index (χ0v) is 57.5. The molecule has 8 aromatic carbocycles. The van der Waals surface area contributed by atoms with Gasteiger partial charge in [-0.2, -0.15) is 26.3 Å². The summed E-state index contributed by atoms with van der Waals surface area (Å²) in [5, 5.41) is -3.26. The average Bonchev–Trinajstić information content (AvgIpc) is 0.663. The molecular formula is C82H80F10N6O6S2. The third-order valence-corrected chi connectivity index (χ3v) is 17.4. The Bertz CT molecular complexity index is 6520. The highest BCUT2D eigenvalue weighted by Crippen LogP contribution is 2.36. The number of carbonyl (C=O) groups is 2. The van der Waals surface area contributed by atoms with Crippen molar-refractivity contribution >= 4 is 57.1 Å². The van der Waals surface area contributed by atoms with E-state index in [9.17, 15) is 68.3 Å². The lowest BCUT2D eigenvalue weighted by molar-refractivity contribution is -0.138. The zero-order valence-electron chi connectivity index (χ0n) is 87.9. The average molecular weight is 1530 g/mol. The molecule has 0 atom stereocenters. The molecule has 0 unspecified atom stereocenters. The Morgan fingerprint density at radius 3 is 1.28 bits per heavy atom. The first kappa shape index (κ1) is 46.2. The molecule has 2 aliphatic heterocycles. The van der Waals surface area contributed by atoms with Gasteiger partial charge in [0.2, 0.25) is 11.8 Å². The number of thioether (sulfide) groups is 2. The summed E-state index contributed by atoms with van der Waals surface area (Å²) in [5.74, 6) is -10.4. The summed E-state index contributed by atoms with van der Waals surface area (Å²) < 4.78 is 441. The van der Waals surface area contributed by atoms with Crippen LogP contribution in [-0.4, -0.2) is 119 Å². The van der Waals surface area contributed by atoms with Gasteiger partial charge in [-0.25, -0.2) is 17.6 Å². The lowest BCUT2D eigenvalue weighted by Gasteiger charge is -2.39. The molecule has 106 heavy (non-hydrogen) atoms. The van der Waals surface area contributed by atoms with Crippen molar-refractivity contribution in [3.05, 3.63) is 270 Å². The van der Waals surface area contributed by atoms with Gasteiger partial charge in [0, 0.05) is 148 Å². The van der Waals surface area contributed by atoms with Crippen molar-refractivity contribution in [1.82, 2.24) is 28.7 Å². The van der Waals surface area contributed by atoms with Gasteiger partial charge >= 0.3 is 12.4 Å². The summed E-state index contributed by atoms with van der Waals surface area (Å²) in [5.41, 5.74) is -12.2. The summed E-state index contributed by atoms with van der Waals surface area (Å²) >= 11 is 0.172. The molecule has 4 heterocycles. The maximum atomic E-state index is 15.5. The second kappa shape index (κ2) is 35.1. The van der Waals surface area contributed by atoms with Crippen LogP contribution in [0.25, 0.3) is 44.1 Å². The number of methoxy groups -OCH3 is 2. The van der Waals surface area contributed by atoms with Gasteiger partial charge in [-0.3, -0.25) is 19.2 Å². The number of hydrogen-bond donors (Lipinski definition) is 0. The van der Waals surface area contributed by atoms with Gasteiger partial charge in [-0.15, -0.1) is 23.5 Å². The lowest BCUT2D eigenvalue weighted by Crippen LogP contribution is -2.48. The van der Waals surface area contributed by atoms with Crippen molar-refractivity contribution in [2.45, 2.75) is 111 Å². The molecule has 12 rings (SSSR count). The Labute approximate surface area is 661 Å². The summed E-state index contributed by atoms with van der Waals surface area (Å²) in [6.45, 7) is -26.4. The number of likely N-dealkylation sites (tertiary alicyclic amines) is 2.